The van der Waals surface area contributed by atoms with Crippen LogP contribution in [0.2, 0.25) is 0 Å². The minimum Gasteiger partial charge on any atom is -0.355 e. The summed E-state index contributed by atoms with van der Waals surface area (Å²) in [4.78, 5) is 25.9. The van der Waals surface area contributed by atoms with E-state index in [2.05, 4.69) is 32.2 Å². The van der Waals surface area contributed by atoms with E-state index in [4.69, 9.17) is 0 Å². The first-order chi connectivity index (χ1) is 13.6. The first-order valence-electron chi connectivity index (χ1n) is 9.76. The topological polar surface area (TPSA) is 80.1 Å². The summed E-state index contributed by atoms with van der Waals surface area (Å²) >= 11 is 1.39. The van der Waals surface area contributed by atoms with Gasteiger partial charge in [0, 0.05) is 19.0 Å². The SMILES string of the molecule is CCNC(=O)CN(CC)C(=O)CSc1nnc(C2CC2)n1Cc1ccccc1. The Labute approximate surface area is 169 Å². The lowest BCUT2D eigenvalue weighted by atomic mass is 10.2. The van der Waals surface area contributed by atoms with E-state index in [1.807, 2.05) is 32.0 Å². The quantitative estimate of drug-likeness (QED) is 0.618. The molecular weight excluding hydrogens is 374 g/mol. The second-order valence-corrected chi connectivity index (χ2v) is 7.78. The van der Waals surface area contributed by atoms with E-state index in [1.165, 1.54) is 17.3 Å². The molecule has 1 aliphatic carbocycles. The van der Waals surface area contributed by atoms with Gasteiger partial charge in [0.05, 0.1) is 18.8 Å². The molecule has 3 rings (SSSR count). The number of nitrogens with one attached hydrogen (secondary N) is 1. The highest BCUT2D eigenvalue weighted by molar-refractivity contribution is 7.99. The maximum atomic E-state index is 12.6. The third kappa shape index (κ3) is 5.34. The number of nitrogens with zero attached hydrogens (tertiary/aromatic N) is 4. The van der Waals surface area contributed by atoms with Crippen molar-refractivity contribution in [3.8, 4) is 0 Å². The Hall–Kier alpha value is -2.35. The standard InChI is InChI=1S/C20H27N5O2S/c1-3-21-17(26)13-24(4-2)18(27)14-28-20-23-22-19(16-10-11-16)25(20)12-15-8-6-5-7-9-15/h5-9,16H,3-4,10-14H2,1-2H3,(H,21,26). The van der Waals surface area contributed by atoms with Gasteiger partial charge in [0.1, 0.15) is 5.82 Å². The fourth-order valence-electron chi connectivity index (χ4n) is 2.99. The molecule has 0 atom stereocenters. The highest BCUT2D eigenvalue weighted by atomic mass is 32.2. The molecule has 7 nitrogen and oxygen atoms in total. The van der Waals surface area contributed by atoms with Crippen LogP contribution in [0, 0.1) is 0 Å². The van der Waals surface area contributed by atoms with Gasteiger partial charge >= 0.3 is 0 Å². The minimum absolute atomic E-state index is 0.0685. The molecule has 0 bridgehead atoms. The minimum atomic E-state index is -0.133. The van der Waals surface area contributed by atoms with E-state index in [0.29, 0.717) is 25.6 Å². The Morgan fingerprint density at radius 1 is 1.21 bits per heavy atom. The zero-order valence-electron chi connectivity index (χ0n) is 16.4. The van der Waals surface area contributed by atoms with Crippen LogP contribution in [-0.2, 0) is 16.1 Å². The Kier molecular flexibility index (Phi) is 7.08. The number of carbonyl (C=O) groups excluding carboxylic acids is 2. The van der Waals surface area contributed by atoms with Crippen LogP contribution in [0.5, 0.6) is 0 Å². The summed E-state index contributed by atoms with van der Waals surface area (Å²) in [7, 11) is 0. The fourth-order valence-corrected chi connectivity index (χ4v) is 3.83. The zero-order chi connectivity index (χ0) is 19.9. The van der Waals surface area contributed by atoms with Crippen molar-refractivity contribution in [3.63, 3.8) is 0 Å². The molecule has 28 heavy (non-hydrogen) atoms. The van der Waals surface area contributed by atoms with Crippen molar-refractivity contribution < 1.29 is 9.59 Å². The predicted molar refractivity (Wildman–Crippen MR) is 109 cm³/mol. The molecule has 1 heterocycles. The van der Waals surface area contributed by atoms with E-state index in [-0.39, 0.29) is 24.1 Å². The molecule has 0 unspecified atom stereocenters. The highest BCUT2D eigenvalue weighted by Gasteiger charge is 2.30. The Balaban J connectivity index is 1.66. The summed E-state index contributed by atoms with van der Waals surface area (Å²) in [6.45, 7) is 5.60. The number of aromatic nitrogens is 3. The van der Waals surface area contributed by atoms with E-state index < -0.39 is 0 Å². The maximum absolute atomic E-state index is 12.6. The summed E-state index contributed by atoms with van der Waals surface area (Å²) in [5.41, 5.74) is 1.18. The summed E-state index contributed by atoms with van der Waals surface area (Å²) in [5.74, 6) is 1.52. The van der Waals surface area contributed by atoms with E-state index in [0.717, 1.165) is 23.8 Å². The van der Waals surface area contributed by atoms with E-state index in [9.17, 15) is 9.59 Å². The van der Waals surface area contributed by atoms with Crippen LogP contribution >= 0.6 is 11.8 Å². The van der Waals surface area contributed by atoms with Crippen molar-refractivity contribution in [1.82, 2.24) is 25.0 Å². The summed E-state index contributed by atoms with van der Waals surface area (Å²) in [5, 5.41) is 12.2. The van der Waals surface area contributed by atoms with Crippen molar-refractivity contribution in [2.45, 2.75) is 44.3 Å². The van der Waals surface area contributed by atoms with Crippen molar-refractivity contribution >= 4 is 23.6 Å². The molecular formula is C20H27N5O2S. The molecule has 1 aromatic carbocycles. The fraction of sp³-hybridized carbons (Fsp3) is 0.500. The first kappa shape index (κ1) is 20.4. The first-order valence-corrected chi connectivity index (χ1v) is 10.7. The molecule has 1 saturated carbocycles. The Morgan fingerprint density at radius 3 is 2.61 bits per heavy atom. The molecule has 1 N–H and O–H groups in total. The molecule has 150 valence electrons. The normalized spacial score (nSPS) is 13.4. The predicted octanol–water partition coefficient (Wildman–Crippen LogP) is 2.28. The van der Waals surface area contributed by atoms with Crippen LogP contribution in [0.4, 0.5) is 0 Å². The second kappa shape index (κ2) is 9.73. The Bertz CT molecular complexity index is 804. The molecule has 1 aromatic heterocycles. The maximum Gasteiger partial charge on any atom is 0.239 e. The third-order valence-corrected chi connectivity index (χ3v) is 5.59. The lowest BCUT2D eigenvalue weighted by molar-refractivity contribution is -0.133. The number of likely N-dealkylation sites (N-methyl/N-ethyl adjacent to an activating group) is 2. The number of benzene rings is 1. The largest absolute Gasteiger partial charge is 0.355 e. The smallest absolute Gasteiger partial charge is 0.239 e. The average Bonchev–Trinajstić information content (AvgIpc) is 3.47. The van der Waals surface area contributed by atoms with Crippen LogP contribution in [0.1, 0.15) is 44.0 Å². The Morgan fingerprint density at radius 2 is 1.96 bits per heavy atom. The van der Waals surface area contributed by atoms with Gasteiger partial charge in [-0.1, -0.05) is 42.1 Å². The molecule has 2 amide bonds. The molecule has 0 aliphatic heterocycles. The van der Waals surface area contributed by atoms with E-state index in [1.54, 1.807) is 4.90 Å². The average molecular weight is 402 g/mol. The summed E-state index contributed by atoms with van der Waals surface area (Å²) in [6, 6.07) is 10.2. The number of hydrogen-bond acceptors (Lipinski definition) is 5. The van der Waals surface area contributed by atoms with Gasteiger partial charge in [-0.05, 0) is 32.3 Å². The van der Waals surface area contributed by atoms with Crippen LogP contribution in [0.15, 0.2) is 35.5 Å². The molecule has 1 aliphatic rings. The van der Waals surface area contributed by atoms with Gasteiger partial charge in [-0.3, -0.25) is 9.59 Å². The lowest BCUT2D eigenvalue weighted by Gasteiger charge is -2.20. The van der Waals surface area contributed by atoms with Gasteiger partial charge in [0.2, 0.25) is 11.8 Å². The molecule has 0 spiro atoms. The van der Waals surface area contributed by atoms with Gasteiger partial charge in [0.15, 0.2) is 5.16 Å². The van der Waals surface area contributed by atoms with Crippen LogP contribution in [-0.4, -0.2) is 56.9 Å². The molecule has 0 saturated heterocycles. The van der Waals surface area contributed by atoms with Gasteiger partial charge in [0.25, 0.3) is 0 Å². The molecule has 2 aromatic rings. The lowest BCUT2D eigenvalue weighted by Crippen LogP contribution is -2.41. The van der Waals surface area contributed by atoms with Crippen LogP contribution in [0.3, 0.4) is 0 Å². The van der Waals surface area contributed by atoms with Gasteiger partial charge < -0.3 is 14.8 Å². The van der Waals surface area contributed by atoms with Crippen LogP contribution in [0.25, 0.3) is 0 Å². The number of rotatable bonds is 10. The second-order valence-electron chi connectivity index (χ2n) is 6.84. The van der Waals surface area contributed by atoms with Crippen molar-refractivity contribution in [2.24, 2.45) is 0 Å². The number of thioether (sulfide) groups is 1. The number of carbonyl (C=O) groups is 2. The van der Waals surface area contributed by atoms with Crippen molar-refractivity contribution in [1.29, 1.82) is 0 Å². The van der Waals surface area contributed by atoms with Crippen molar-refractivity contribution in [3.05, 3.63) is 41.7 Å². The third-order valence-electron chi connectivity index (χ3n) is 4.64. The molecule has 1 fully saturated rings. The highest BCUT2D eigenvalue weighted by Crippen LogP contribution is 2.40. The van der Waals surface area contributed by atoms with Gasteiger partial charge in [-0.2, -0.15) is 0 Å². The number of hydrogen-bond donors (Lipinski definition) is 1. The monoisotopic (exact) mass is 401 g/mol. The number of amides is 2. The van der Waals surface area contributed by atoms with Crippen LogP contribution < -0.4 is 5.32 Å². The van der Waals surface area contributed by atoms with E-state index >= 15 is 0 Å². The molecule has 0 radical (unpaired) electrons. The summed E-state index contributed by atoms with van der Waals surface area (Å²) in [6.07, 6.45) is 2.29. The summed E-state index contributed by atoms with van der Waals surface area (Å²) < 4.78 is 2.13. The van der Waals surface area contributed by atoms with Crippen molar-refractivity contribution in [2.75, 3.05) is 25.4 Å². The van der Waals surface area contributed by atoms with Gasteiger partial charge in [-0.15, -0.1) is 10.2 Å². The van der Waals surface area contributed by atoms with Gasteiger partial charge in [-0.25, -0.2) is 0 Å². The zero-order valence-corrected chi connectivity index (χ0v) is 17.2. The molecule has 8 heteroatoms.